The smallest absolute Gasteiger partial charge is 0.250 e. The molecule has 0 saturated carbocycles. The van der Waals surface area contributed by atoms with E-state index < -0.39 is 0 Å². The van der Waals surface area contributed by atoms with Gasteiger partial charge >= 0.3 is 0 Å². The molecule has 4 nitrogen and oxygen atoms in total. The van der Waals surface area contributed by atoms with E-state index >= 15 is 0 Å². The van der Waals surface area contributed by atoms with Crippen molar-refractivity contribution < 1.29 is 9.47 Å². The average molecular weight is 308 g/mol. The standard InChI is InChI=1S/C16H18ClNO3/c1-3-18-15(5-4-6-16(18)19)13-8-7-12(11-14(13)17)21-10-9-20-2/h4-8,11H,3,9-10H2,1-2H3. The van der Waals surface area contributed by atoms with Gasteiger partial charge in [-0.3, -0.25) is 4.79 Å². The fraction of sp³-hybridized carbons (Fsp3) is 0.312. The number of aromatic nitrogens is 1. The minimum atomic E-state index is -0.0357. The number of rotatable bonds is 6. The lowest BCUT2D eigenvalue weighted by Gasteiger charge is -2.13. The van der Waals surface area contributed by atoms with Gasteiger partial charge in [0.15, 0.2) is 0 Å². The van der Waals surface area contributed by atoms with Crippen LogP contribution in [0.3, 0.4) is 0 Å². The maximum atomic E-state index is 11.9. The zero-order valence-electron chi connectivity index (χ0n) is 12.1. The molecule has 0 amide bonds. The van der Waals surface area contributed by atoms with Gasteiger partial charge in [0.2, 0.25) is 0 Å². The molecule has 0 fully saturated rings. The lowest BCUT2D eigenvalue weighted by molar-refractivity contribution is 0.146. The van der Waals surface area contributed by atoms with Crippen LogP contribution in [0, 0.1) is 0 Å². The van der Waals surface area contributed by atoms with Gasteiger partial charge < -0.3 is 14.0 Å². The second-order valence-corrected chi connectivity index (χ2v) is 4.88. The molecule has 0 spiro atoms. The number of benzene rings is 1. The van der Waals surface area contributed by atoms with E-state index in [4.69, 9.17) is 21.1 Å². The predicted molar refractivity (Wildman–Crippen MR) is 84.2 cm³/mol. The largest absolute Gasteiger partial charge is 0.491 e. The lowest BCUT2D eigenvalue weighted by atomic mass is 10.1. The third-order valence-corrected chi connectivity index (χ3v) is 3.45. The van der Waals surface area contributed by atoms with Gasteiger partial charge in [0.1, 0.15) is 12.4 Å². The van der Waals surface area contributed by atoms with Crippen molar-refractivity contribution in [1.82, 2.24) is 4.57 Å². The van der Waals surface area contributed by atoms with Gasteiger partial charge in [0, 0.05) is 25.3 Å². The van der Waals surface area contributed by atoms with Crippen LogP contribution in [0.4, 0.5) is 0 Å². The Balaban J connectivity index is 2.33. The zero-order valence-corrected chi connectivity index (χ0v) is 12.9. The Hall–Kier alpha value is -1.78. The van der Waals surface area contributed by atoms with Crippen LogP contribution in [0.15, 0.2) is 41.2 Å². The Morgan fingerprint density at radius 2 is 2.00 bits per heavy atom. The van der Waals surface area contributed by atoms with E-state index in [1.54, 1.807) is 29.9 Å². The van der Waals surface area contributed by atoms with Crippen molar-refractivity contribution >= 4 is 11.6 Å². The quantitative estimate of drug-likeness (QED) is 0.769. The maximum absolute atomic E-state index is 11.9. The minimum Gasteiger partial charge on any atom is -0.491 e. The first-order chi connectivity index (χ1) is 10.2. The average Bonchev–Trinajstić information content (AvgIpc) is 2.47. The van der Waals surface area contributed by atoms with Crippen LogP contribution in [0.2, 0.25) is 5.02 Å². The summed E-state index contributed by atoms with van der Waals surface area (Å²) >= 11 is 6.33. The minimum absolute atomic E-state index is 0.0357. The van der Waals surface area contributed by atoms with E-state index in [0.717, 1.165) is 11.3 Å². The third-order valence-electron chi connectivity index (χ3n) is 3.14. The lowest BCUT2D eigenvalue weighted by Crippen LogP contribution is -2.19. The highest BCUT2D eigenvalue weighted by Gasteiger charge is 2.09. The Morgan fingerprint density at radius 3 is 2.67 bits per heavy atom. The molecule has 0 aliphatic rings. The second kappa shape index (κ2) is 7.29. The van der Waals surface area contributed by atoms with Gasteiger partial charge in [-0.05, 0) is 31.2 Å². The summed E-state index contributed by atoms with van der Waals surface area (Å²) in [5.74, 6) is 0.683. The molecule has 112 valence electrons. The highest BCUT2D eigenvalue weighted by molar-refractivity contribution is 6.33. The fourth-order valence-electron chi connectivity index (χ4n) is 2.12. The van der Waals surface area contributed by atoms with Gasteiger partial charge in [0.25, 0.3) is 5.56 Å². The number of hydrogen-bond acceptors (Lipinski definition) is 3. The van der Waals surface area contributed by atoms with Gasteiger partial charge in [-0.2, -0.15) is 0 Å². The Morgan fingerprint density at radius 1 is 1.19 bits per heavy atom. The van der Waals surface area contributed by atoms with Crippen molar-refractivity contribution in [3.05, 3.63) is 51.8 Å². The van der Waals surface area contributed by atoms with Gasteiger partial charge in [-0.15, -0.1) is 0 Å². The molecule has 1 aromatic heterocycles. The van der Waals surface area contributed by atoms with E-state index in [2.05, 4.69) is 0 Å². The Kier molecular flexibility index (Phi) is 5.42. The van der Waals surface area contributed by atoms with Crippen LogP contribution >= 0.6 is 11.6 Å². The SMILES string of the molecule is CCn1c(-c2ccc(OCCOC)cc2Cl)cccc1=O. The summed E-state index contributed by atoms with van der Waals surface area (Å²) in [6, 6.07) is 10.6. The van der Waals surface area contributed by atoms with E-state index in [-0.39, 0.29) is 5.56 Å². The second-order valence-electron chi connectivity index (χ2n) is 4.48. The first kappa shape index (κ1) is 15.6. The summed E-state index contributed by atoms with van der Waals surface area (Å²) in [6.45, 7) is 3.52. The Bertz CT molecular complexity index is 667. The van der Waals surface area contributed by atoms with Crippen molar-refractivity contribution in [3.63, 3.8) is 0 Å². The van der Waals surface area contributed by atoms with Gasteiger partial charge in [0.05, 0.1) is 17.3 Å². The molecule has 0 radical (unpaired) electrons. The molecule has 21 heavy (non-hydrogen) atoms. The maximum Gasteiger partial charge on any atom is 0.250 e. The van der Waals surface area contributed by atoms with E-state index in [1.165, 1.54) is 0 Å². The highest BCUT2D eigenvalue weighted by Crippen LogP contribution is 2.30. The van der Waals surface area contributed by atoms with Crippen LogP contribution < -0.4 is 10.3 Å². The van der Waals surface area contributed by atoms with Crippen molar-refractivity contribution in [2.45, 2.75) is 13.5 Å². The molecule has 0 bridgehead atoms. The van der Waals surface area contributed by atoms with Crippen molar-refractivity contribution in [1.29, 1.82) is 0 Å². The highest BCUT2D eigenvalue weighted by atomic mass is 35.5. The third kappa shape index (κ3) is 3.65. The molecule has 0 atom stereocenters. The van der Waals surface area contributed by atoms with Gasteiger partial charge in [-0.1, -0.05) is 17.7 Å². The summed E-state index contributed by atoms with van der Waals surface area (Å²) in [5.41, 5.74) is 1.58. The molecule has 5 heteroatoms. The number of ether oxygens (including phenoxy) is 2. The van der Waals surface area contributed by atoms with Crippen LogP contribution in [0.5, 0.6) is 5.75 Å². The fourth-order valence-corrected chi connectivity index (χ4v) is 2.39. The number of nitrogens with zero attached hydrogens (tertiary/aromatic N) is 1. The molecule has 0 aliphatic carbocycles. The van der Waals surface area contributed by atoms with Crippen LogP contribution in [-0.2, 0) is 11.3 Å². The molecule has 0 saturated heterocycles. The normalized spacial score (nSPS) is 10.6. The van der Waals surface area contributed by atoms with Crippen LogP contribution in [0.1, 0.15) is 6.92 Å². The summed E-state index contributed by atoms with van der Waals surface area (Å²) in [4.78, 5) is 11.9. The Labute approximate surface area is 128 Å². The first-order valence-electron chi connectivity index (χ1n) is 6.79. The van der Waals surface area contributed by atoms with Crippen molar-refractivity contribution in [2.24, 2.45) is 0 Å². The molecule has 0 N–H and O–H groups in total. The van der Waals surface area contributed by atoms with E-state index in [0.29, 0.717) is 30.5 Å². The summed E-state index contributed by atoms with van der Waals surface area (Å²) in [6.07, 6.45) is 0. The number of halogens is 1. The monoisotopic (exact) mass is 307 g/mol. The summed E-state index contributed by atoms with van der Waals surface area (Å²) < 4.78 is 12.1. The van der Waals surface area contributed by atoms with Crippen LogP contribution in [-0.4, -0.2) is 24.9 Å². The van der Waals surface area contributed by atoms with Gasteiger partial charge in [-0.25, -0.2) is 0 Å². The summed E-state index contributed by atoms with van der Waals surface area (Å²) in [7, 11) is 1.62. The molecule has 0 aliphatic heterocycles. The molecule has 1 heterocycles. The number of pyridine rings is 1. The van der Waals surface area contributed by atoms with Crippen molar-refractivity contribution in [2.75, 3.05) is 20.3 Å². The summed E-state index contributed by atoms with van der Waals surface area (Å²) in [5, 5.41) is 0.553. The number of methoxy groups -OCH3 is 1. The number of hydrogen-bond donors (Lipinski definition) is 0. The molecule has 2 rings (SSSR count). The topological polar surface area (TPSA) is 40.5 Å². The first-order valence-corrected chi connectivity index (χ1v) is 7.16. The molecule has 1 aromatic carbocycles. The van der Waals surface area contributed by atoms with E-state index in [1.807, 2.05) is 25.1 Å². The van der Waals surface area contributed by atoms with Crippen LogP contribution in [0.25, 0.3) is 11.3 Å². The molecular weight excluding hydrogens is 290 g/mol. The zero-order chi connectivity index (χ0) is 15.2. The molecular formula is C16H18ClNO3. The predicted octanol–water partition coefficient (Wildman–Crippen LogP) is 3.21. The molecule has 0 unspecified atom stereocenters. The molecule has 2 aromatic rings. The van der Waals surface area contributed by atoms with E-state index in [9.17, 15) is 4.79 Å². The van der Waals surface area contributed by atoms with Crippen molar-refractivity contribution in [3.8, 4) is 17.0 Å².